The van der Waals surface area contributed by atoms with Crippen LogP contribution in [0.3, 0.4) is 0 Å². The quantitative estimate of drug-likeness (QED) is 0.455. The molecule has 2 N–H and O–H groups in total. The fraction of sp³-hybridized carbons (Fsp3) is 0.350. The number of hydrogen-bond donors (Lipinski definition) is 2. The van der Waals surface area contributed by atoms with Crippen molar-refractivity contribution in [3.8, 4) is 0 Å². The molecule has 0 amide bonds. The number of rotatable bonds is 6. The van der Waals surface area contributed by atoms with Crippen LogP contribution in [-0.4, -0.2) is 53.4 Å². The van der Waals surface area contributed by atoms with Crippen molar-refractivity contribution in [3.63, 3.8) is 0 Å². The van der Waals surface area contributed by atoms with E-state index in [1.165, 1.54) is 0 Å². The molecular formula is C20H25N7O2S. The van der Waals surface area contributed by atoms with Crippen molar-refractivity contribution in [2.45, 2.75) is 30.8 Å². The SMILES string of the molecule is CN=C(NCc1ccc(S(=O)(=O)N2CCCC2)cc1)NCc1nnc2ccccn12. The van der Waals surface area contributed by atoms with Gasteiger partial charge in [0.1, 0.15) is 0 Å². The van der Waals surface area contributed by atoms with Gasteiger partial charge < -0.3 is 10.6 Å². The van der Waals surface area contributed by atoms with E-state index in [0.29, 0.717) is 37.0 Å². The largest absolute Gasteiger partial charge is 0.352 e. The zero-order valence-electron chi connectivity index (χ0n) is 16.8. The lowest BCUT2D eigenvalue weighted by Gasteiger charge is -2.16. The van der Waals surface area contributed by atoms with Gasteiger partial charge in [0.2, 0.25) is 10.0 Å². The van der Waals surface area contributed by atoms with Crippen molar-refractivity contribution in [2.75, 3.05) is 20.1 Å². The molecule has 0 aliphatic carbocycles. The zero-order valence-corrected chi connectivity index (χ0v) is 17.6. The van der Waals surface area contributed by atoms with E-state index in [1.54, 1.807) is 23.5 Å². The summed E-state index contributed by atoms with van der Waals surface area (Å²) in [4.78, 5) is 4.57. The third-order valence-corrected chi connectivity index (χ3v) is 7.02. The zero-order chi connectivity index (χ0) is 21.0. The van der Waals surface area contributed by atoms with Crippen LogP contribution in [-0.2, 0) is 23.1 Å². The van der Waals surface area contributed by atoms with E-state index in [4.69, 9.17) is 0 Å². The maximum Gasteiger partial charge on any atom is 0.243 e. The van der Waals surface area contributed by atoms with Crippen molar-refractivity contribution in [1.82, 2.24) is 29.5 Å². The minimum atomic E-state index is -3.38. The average Bonchev–Trinajstić information content (AvgIpc) is 3.45. The van der Waals surface area contributed by atoms with Gasteiger partial charge >= 0.3 is 0 Å². The summed E-state index contributed by atoms with van der Waals surface area (Å²) in [5.41, 5.74) is 1.76. The van der Waals surface area contributed by atoms with E-state index in [0.717, 1.165) is 29.9 Å². The summed E-state index contributed by atoms with van der Waals surface area (Å²) in [5, 5.41) is 14.8. The molecule has 0 unspecified atom stereocenters. The third-order valence-electron chi connectivity index (χ3n) is 5.11. The lowest BCUT2D eigenvalue weighted by molar-refractivity contribution is 0.477. The predicted molar refractivity (Wildman–Crippen MR) is 114 cm³/mol. The minimum absolute atomic E-state index is 0.342. The van der Waals surface area contributed by atoms with E-state index in [1.807, 2.05) is 40.9 Å². The van der Waals surface area contributed by atoms with Gasteiger partial charge in [0, 0.05) is 32.9 Å². The molecule has 0 atom stereocenters. The summed E-state index contributed by atoms with van der Waals surface area (Å²) >= 11 is 0. The highest BCUT2D eigenvalue weighted by molar-refractivity contribution is 7.89. The normalized spacial score (nSPS) is 15.6. The highest BCUT2D eigenvalue weighted by Gasteiger charge is 2.26. The van der Waals surface area contributed by atoms with Crippen LogP contribution in [0.5, 0.6) is 0 Å². The molecule has 9 nitrogen and oxygen atoms in total. The van der Waals surface area contributed by atoms with Crippen LogP contribution in [0, 0.1) is 0 Å². The fourth-order valence-corrected chi connectivity index (χ4v) is 4.95. The van der Waals surface area contributed by atoms with Crippen molar-refractivity contribution in [2.24, 2.45) is 4.99 Å². The second-order valence-electron chi connectivity index (χ2n) is 7.08. The predicted octanol–water partition coefficient (Wildman–Crippen LogP) is 1.38. The lowest BCUT2D eigenvalue weighted by atomic mass is 10.2. The number of nitrogens with zero attached hydrogens (tertiary/aromatic N) is 5. The molecule has 158 valence electrons. The van der Waals surface area contributed by atoms with Crippen molar-refractivity contribution in [1.29, 1.82) is 0 Å². The highest BCUT2D eigenvalue weighted by atomic mass is 32.2. The molecule has 1 aromatic carbocycles. The summed E-state index contributed by atoms with van der Waals surface area (Å²) in [6.07, 6.45) is 3.77. The average molecular weight is 428 g/mol. The second kappa shape index (κ2) is 8.80. The summed E-state index contributed by atoms with van der Waals surface area (Å²) in [7, 11) is -1.68. The molecule has 0 spiro atoms. The Bertz CT molecular complexity index is 1130. The molecule has 2 aromatic heterocycles. The first-order chi connectivity index (χ1) is 14.6. The molecule has 3 aromatic rings. The van der Waals surface area contributed by atoms with Crippen molar-refractivity contribution in [3.05, 3.63) is 60.0 Å². The molecular weight excluding hydrogens is 402 g/mol. The number of pyridine rings is 1. The van der Waals surface area contributed by atoms with Gasteiger partial charge in [-0.05, 0) is 42.7 Å². The minimum Gasteiger partial charge on any atom is -0.352 e. The Morgan fingerprint density at radius 2 is 1.77 bits per heavy atom. The molecule has 3 heterocycles. The van der Waals surface area contributed by atoms with Gasteiger partial charge in [-0.25, -0.2) is 8.42 Å². The van der Waals surface area contributed by atoms with Gasteiger partial charge in [-0.15, -0.1) is 10.2 Å². The lowest BCUT2D eigenvalue weighted by Crippen LogP contribution is -2.36. The highest BCUT2D eigenvalue weighted by Crippen LogP contribution is 2.21. The van der Waals surface area contributed by atoms with E-state index in [-0.39, 0.29) is 0 Å². The Morgan fingerprint density at radius 3 is 2.50 bits per heavy atom. The molecule has 1 aliphatic heterocycles. The van der Waals surface area contributed by atoms with E-state index in [9.17, 15) is 8.42 Å². The standard InChI is InChI=1S/C20H25N7O2S/c1-21-20(23-15-19-25-24-18-6-2-3-13-27(18)19)22-14-16-7-9-17(10-8-16)30(28,29)26-11-4-5-12-26/h2-3,6-10,13H,4-5,11-12,14-15H2,1H3,(H2,21,22,23). The Labute approximate surface area is 175 Å². The van der Waals surface area contributed by atoms with Crippen LogP contribution in [0.25, 0.3) is 5.65 Å². The van der Waals surface area contributed by atoms with E-state index in [2.05, 4.69) is 25.8 Å². The first-order valence-corrected chi connectivity index (χ1v) is 11.3. The molecule has 1 fully saturated rings. The molecule has 0 saturated carbocycles. The number of aliphatic imine (C=N–C) groups is 1. The maximum absolute atomic E-state index is 12.6. The maximum atomic E-state index is 12.6. The van der Waals surface area contributed by atoms with Gasteiger partial charge in [-0.1, -0.05) is 18.2 Å². The first-order valence-electron chi connectivity index (χ1n) is 9.90. The van der Waals surface area contributed by atoms with Crippen LogP contribution >= 0.6 is 0 Å². The van der Waals surface area contributed by atoms with Crippen molar-refractivity contribution < 1.29 is 8.42 Å². The van der Waals surface area contributed by atoms with E-state index >= 15 is 0 Å². The smallest absolute Gasteiger partial charge is 0.243 e. The first kappa shape index (κ1) is 20.3. The number of sulfonamides is 1. The number of guanidine groups is 1. The number of nitrogens with one attached hydrogen (secondary N) is 2. The van der Waals surface area contributed by atoms with Crippen LogP contribution < -0.4 is 10.6 Å². The van der Waals surface area contributed by atoms with Crippen molar-refractivity contribution >= 4 is 21.6 Å². The van der Waals surface area contributed by atoms with Crippen LogP contribution in [0.15, 0.2) is 58.5 Å². The Hall–Kier alpha value is -2.98. The van der Waals surface area contributed by atoms with Gasteiger partial charge in [0.15, 0.2) is 17.4 Å². The number of fused-ring (bicyclic) bond motifs is 1. The number of hydrogen-bond acceptors (Lipinski definition) is 5. The molecule has 1 aliphatic rings. The van der Waals surface area contributed by atoms with Gasteiger partial charge in [-0.3, -0.25) is 9.39 Å². The van der Waals surface area contributed by atoms with E-state index < -0.39 is 10.0 Å². The molecule has 10 heteroatoms. The molecule has 4 rings (SSSR count). The van der Waals surface area contributed by atoms with Gasteiger partial charge in [0.05, 0.1) is 11.4 Å². The monoisotopic (exact) mass is 427 g/mol. The summed E-state index contributed by atoms with van der Waals surface area (Å²) < 4.78 is 28.7. The summed E-state index contributed by atoms with van der Waals surface area (Å²) in [6.45, 7) is 2.20. The Morgan fingerprint density at radius 1 is 1.03 bits per heavy atom. The van der Waals surface area contributed by atoms with Gasteiger partial charge in [0.25, 0.3) is 0 Å². The molecule has 1 saturated heterocycles. The van der Waals surface area contributed by atoms with Gasteiger partial charge in [-0.2, -0.15) is 4.31 Å². The topological polar surface area (TPSA) is 104 Å². The van der Waals surface area contributed by atoms with Crippen LogP contribution in [0.1, 0.15) is 24.2 Å². The van der Waals surface area contributed by atoms with Crippen LogP contribution in [0.2, 0.25) is 0 Å². The molecule has 0 radical (unpaired) electrons. The number of aromatic nitrogens is 3. The Balaban J connectivity index is 1.34. The molecule has 0 bridgehead atoms. The van der Waals surface area contributed by atoms with Crippen LogP contribution in [0.4, 0.5) is 0 Å². The Kier molecular flexibility index (Phi) is 5.96. The number of benzene rings is 1. The fourth-order valence-electron chi connectivity index (χ4n) is 3.44. The summed E-state index contributed by atoms with van der Waals surface area (Å²) in [5.74, 6) is 1.40. The third kappa shape index (κ3) is 4.29. The molecule has 30 heavy (non-hydrogen) atoms. The summed E-state index contributed by atoms with van der Waals surface area (Å²) in [6, 6.07) is 12.7. The second-order valence-corrected chi connectivity index (χ2v) is 9.02.